The van der Waals surface area contributed by atoms with Crippen LogP contribution < -0.4 is 0 Å². The number of halogens is 6. The number of unbranched alkanes of at least 4 members (excludes halogenated alkanes) is 5. The molecule has 0 amide bonds. The van der Waals surface area contributed by atoms with Crippen molar-refractivity contribution in [1.29, 1.82) is 0 Å². The van der Waals surface area contributed by atoms with Crippen LogP contribution in [-0.4, -0.2) is 64.1 Å². The quantitative estimate of drug-likeness (QED) is 0.109. The third-order valence-electron chi connectivity index (χ3n) is 13.0. The van der Waals surface area contributed by atoms with E-state index >= 15 is 0 Å². The Morgan fingerprint density at radius 2 is 0.870 bits per heavy atom. The standard InChI is InChI=1S/C22H39F3O3.C21H35F3O2/c1-2-3-4-5-6-7-15-26-20-12-10-19(11-13-20)21-27-16-18(17-28-21)9-8-14-22(23,24)25;1-15-4-6-17(7-5-15)18-8-10-19(11-9-18)20-25-13-16(14-26-20)3-2-12-21(22,23)24/h18-21H,2-17H2,1H3;15-20H,2-14H2,1H3/t18-,19-,20-,21-;15-,16-,17-,18-,19-,20-. The third kappa shape index (κ3) is 18.3. The Bertz CT molecular complexity index is 941. The lowest BCUT2D eigenvalue weighted by molar-refractivity contribution is -0.232. The number of hydrogen-bond donors (Lipinski definition) is 0. The van der Waals surface area contributed by atoms with Gasteiger partial charge < -0.3 is 23.7 Å². The number of rotatable bonds is 17. The van der Waals surface area contributed by atoms with Crippen molar-refractivity contribution < 1.29 is 50.0 Å². The van der Waals surface area contributed by atoms with E-state index in [0.717, 1.165) is 56.5 Å². The van der Waals surface area contributed by atoms with Crippen molar-refractivity contribution in [2.45, 2.75) is 199 Å². The molecular formula is C43H74F6O5. The summed E-state index contributed by atoms with van der Waals surface area (Å²) in [7, 11) is 0. The zero-order valence-electron chi connectivity index (χ0n) is 33.6. The summed E-state index contributed by atoms with van der Waals surface area (Å²) in [5.74, 6) is 3.81. The second-order valence-electron chi connectivity index (χ2n) is 17.7. The van der Waals surface area contributed by atoms with Gasteiger partial charge in [-0.1, -0.05) is 58.8 Å². The first-order valence-corrected chi connectivity index (χ1v) is 22.1. The van der Waals surface area contributed by atoms with Gasteiger partial charge in [0.1, 0.15) is 0 Å². The summed E-state index contributed by atoms with van der Waals surface area (Å²) in [5, 5.41) is 0. The van der Waals surface area contributed by atoms with Gasteiger partial charge in [-0.05, 0) is 114 Å². The highest BCUT2D eigenvalue weighted by Crippen LogP contribution is 2.43. The third-order valence-corrected chi connectivity index (χ3v) is 13.0. The minimum absolute atomic E-state index is 0.0931. The summed E-state index contributed by atoms with van der Waals surface area (Å²) in [4.78, 5) is 0. The molecular weight excluding hydrogens is 710 g/mol. The van der Waals surface area contributed by atoms with E-state index in [1.165, 1.54) is 83.5 Å². The Kier molecular flexibility index (Phi) is 20.8. The van der Waals surface area contributed by atoms with Crippen molar-refractivity contribution in [3.8, 4) is 0 Å². The van der Waals surface area contributed by atoms with E-state index in [0.29, 0.717) is 57.2 Å². The van der Waals surface area contributed by atoms with Crippen LogP contribution in [0.1, 0.15) is 168 Å². The fraction of sp³-hybridized carbons (Fsp3) is 1.00. The van der Waals surface area contributed by atoms with Crippen LogP contribution in [-0.2, 0) is 23.7 Å². The maximum Gasteiger partial charge on any atom is 0.389 e. The molecule has 0 unspecified atom stereocenters. The van der Waals surface area contributed by atoms with Crippen molar-refractivity contribution in [3.05, 3.63) is 0 Å². The van der Waals surface area contributed by atoms with Crippen LogP contribution in [0.15, 0.2) is 0 Å². The molecule has 5 nitrogen and oxygen atoms in total. The predicted octanol–water partition coefficient (Wildman–Crippen LogP) is 13.0. The summed E-state index contributed by atoms with van der Waals surface area (Å²) in [6, 6.07) is 0. The molecule has 2 saturated heterocycles. The molecule has 0 N–H and O–H groups in total. The van der Waals surface area contributed by atoms with Gasteiger partial charge in [-0.2, -0.15) is 26.3 Å². The molecule has 318 valence electrons. The van der Waals surface area contributed by atoms with Gasteiger partial charge in [-0.3, -0.25) is 0 Å². The summed E-state index contributed by atoms with van der Waals surface area (Å²) in [5.41, 5.74) is 0. The first-order valence-electron chi connectivity index (χ1n) is 22.1. The molecule has 0 radical (unpaired) electrons. The molecule has 3 saturated carbocycles. The Labute approximate surface area is 323 Å². The van der Waals surface area contributed by atoms with Gasteiger partial charge in [0.2, 0.25) is 0 Å². The van der Waals surface area contributed by atoms with E-state index in [4.69, 9.17) is 23.7 Å². The fourth-order valence-corrected chi connectivity index (χ4v) is 9.48. The van der Waals surface area contributed by atoms with Gasteiger partial charge in [0, 0.05) is 43.1 Å². The van der Waals surface area contributed by atoms with Crippen LogP contribution in [0.2, 0.25) is 0 Å². The summed E-state index contributed by atoms with van der Waals surface area (Å²) < 4.78 is 103. The highest BCUT2D eigenvalue weighted by atomic mass is 19.4. The molecule has 54 heavy (non-hydrogen) atoms. The van der Waals surface area contributed by atoms with Crippen LogP contribution >= 0.6 is 0 Å². The average molecular weight is 785 g/mol. The Hall–Kier alpha value is -0.620. The van der Waals surface area contributed by atoms with E-state index < -0.39 is 25.2 Å². The average Bonchev–Trinajstić information content (AvgIpc) is 3.15. The van der Waals surface area contributed by atoms with E-state index in [-0.39, 0.29) is 37.3 Å². The van der Waals surface area contributed by atoms with E-state index in [9.17, 15) is 26.3 Å². The lowest BCUT2D eigenvalue weighted by atomic mass is 9.69. The van der Waals surface area contributed by atoms with Crippen LogP contribution in [0.5, 0.6) is 0 Å². The molecule has 0 aromatic heterocycles. The monoisotopic (exact) mass is 785 g/mol. The van der Waals surface area contributed by atoms with Gasteiger partial charge in [0.25, 0.3) is 0 Å². The summed E-state index contributed by atoms with van der Waals surface area (Å²) >= 11 is 0. The molecule has 0 aromatic carbocycles. The van der Waals surface area contributed by atoms with E-state index in [1.54, 1.807) is 0 Å². The normalized spacial score (nSPS) is 34.2. The maximum absolute atomic E-state index is 12.2. The molecule has 0 atom stereocenters. The highest BCUT2D eigenvalue weighted by Gasteiger charge is 2.37. The molecule has 11 heteroatoms. The number of alkyl halides is 6. The highest BCUT2D eigenvalue weighted by molar-refractivity contribution is 4.83. The van der Waals surface area contributed by atoms with Gasteiger partial charge in [0.15, 0.2) is 12.6 Å². The minimum Gasteiger partial charge on any atom is -0.378 e. The van der Waals surface area contributed by atoms with Crippen molar-refractivity contribution in [1.82, 2.24) is 0 Å². The summed E-state index contributed by atoms with van der Waals surface area (Å²) in [6.45, 7) is 7.65. The topological polar surface area (TPSA) is 46.2 Å². The molecule has 2 aliphatic heterocycles. The Balaban J connectivity index is 0.000000241. The second-order valence-corrected chi connectivity index (χ2v) is 17.7. The SMILES string of the molecule is CCCCCCCCO[C@H]1CC[C@H]([C@H]2OC[C@H](CCCC(F)(F)F)CO2)CC1.C[C@H]1CC[C@H]([C@H]2CC[C@H]([C@H]3OC[C@H](CCCC(F)(F)F)CO3)CC2)CC1. The van der Waals surface area contributed by atoms with Gasteiger partial charge in [0.05, 0.1) is 32.5 Å². The van der Waals surface area contributed by atoms with Gasteiger partial charge in [-0.15, -0.1) is 0 Å². The molecule has 0 bridgehead atoms. The molecule has 2 heterocycles. The van der Waals surface area contributed by atoms with Gasteiger partial charge in [-0.25, -0.2) is 0 Å². The minimum atomic E-state index is -4.06. The van der Waals surface area contributed by atoms with Crippen molar-refractivity contribution in [2.24, 2.45) is 41.4 Å². The fourth-order valence-electron chi connectivity index (χ4n) is 9.48. The smallest absolute Gasteiger partial charge is 0.378 e. The summed E-state index contributed by atoms with van der Waals surface area (Å²) in [6.07, 6.45) is 14.4. The van der Waals surface area contributed by atoms with Crippen LogP contribution in [0, 0.1) is 41.4 Å². The van der Waals surface area contributed by atoms with Crippen LogP contribution in [0.4, 0.5) is 26.3 Å². The van der Waals surface area contributed by atoms with Crippen LogP contribution in [0.25, 0.3) is 0 Å². The van der Waals surface area contributed by atoms with E-state index in [1.807, 2.05) is 0 Å². The molecule has 3 aliphatic carbocycles. The van der Waals surface area contributed by atoms with Gasteiger partial charge >= 0.3 is 12.4 Å². The zero-order chi connectivity index (χ0) is 38.8. The molecule has 5 rings (SSSR count). The van der Waals surface area contributed by atoms with Crippen molar-refractivity contribution >= 4 is 0 Å². The molecule has 0 spiro atoms. The lowest BCUT2D eigenvalue weighted by Crippen LogP contribution is -2.39. The van der Waals surface area contributed by atoms with Crippen LogP contribution in [0.3, 0.4) is 0 Å². The number of ether oxygens (including phenoxy) is 5. The first-order chi connectivity index (χ1) is 25.9. The Morgan fingerprint density at radius 3 is 1.31 bits per heavy atom. The molecule has 5 fully saturated rings. The Morgan fingerprint density at radius 1 is 0.481 bits per heavy atom. The maximum atomic E-state index is 12.2. The van der Waals surface area contributed by atoms with Crippen molar-refractivity contribution in [2.75, 3.05) is 33.0 Å². The molecule has 0 aromatic rings. The van der Waals surface area contributed by atoms with E-state index in [2.05, 4.69) is 13.8 Å². The largest absolute Gasteiger partial charge is 0.389 e. The zero-order valence-corrected chi connectivity index (χ0v) is 33.6. The second kappa shape index (κ2) is 24.3. The lowest BCUT2D eigenvalue weighted by Gasteiger charge is -2.40. The first kappa shape index (κ1) is 46.1. The van der Waals surface area contributed by atoms with Crippen molar-refractivity contribution in [3.63, 3.8) is 0 Å². The molecule has 5 aliphatic rings. The number of hydrogen-bond acceptors (Lipinski definition) is 5. The predicted molar refractivity (Wildman–Crippen MR) is 200 cm³/mol.